The largest absolute Gasteiger partial charge is 0.372 e. The summed E-state index contributed by atoms with van der Waals surface area (Å²) in [4.78, 5) is 6.52. The number of aromatic nitrogens is 1. The molecule has 0 radical (unpaired) electrons. The van der Waals surface area contributed by atoms with E-state index in [4.69, 9.17) is 11.6 Å². The third-order valence-corrected chi connectivity index (χ3v) is 2.50. The molecule has 0 N–H and O–H groups in total. The van der Waals surface area contributed by atoms with Gasteiger partial charge in [0.05, 0.1) is 11.4 Å². The monoisotopic (exact) mass is 182 g/mol. The van der Waals surface area contributed by atoms with Crippen molar-refractivity contribution in [3.05, 3.63) is 23.0 Å². The van der Waals surface area contributed by atoms with Crippen molar-refractivity contribution in [2.75, 3.05) is 18.5 Å². The molecule has 2 rings (SSSR count). The number of halogens is 1. The Labute approximate surface area is 77.2 Å². The SMILES string of the molecule is CC1CN(C)c2ccc(Cl)nc21. The molecule has 1 aromatic rings. The Morgan fingerprint density at radius 2 is 2.33 bits per heavy atom. The quantitative estimate of drug-likeness (QED) is 0.573. The maximum atomic E-state index is 5.81. The van der Waals surface area contributed by atoms with Crippen LogP contribution in [0, 0.1) is 0 Å². The van der Waals surface area contributed by atoms with Crippen molar-refractivity contribution in [3.63, 3.8) is 0 Å². The van der Waals surface area contributed by atoms with Gasteiger partial charge in [0.2, 0.25) is 0 Å². The molecule has 0 fully saturated rings. The van der Waals surface area contributed by atoms with E-state index < -0.39 is 0 Å². The molecule has 12 heavy (non-hydrogen) atoms. The van der Waals surface area contributed by atoms with Gasteiger partial charge in [0.1, 0.15) is 5.15 Å². The Balaban J connectivity index is 2.53. The van der Waals surface area contributed by atoms with Gasteiger partial charge in [0.25, 0.3) is 0 Å². The van der Waals surface area contributed by atoms with Crippen LogP contribution in [0.25, 0.3) is 0 Å². The van der Waals surface area contributed by atoms with Crippen LogP contribution in [0.4, 0.5) is 5.69 Å². The summed E-state index contributed by atoms with van der Waals surface area (Å²) < 4.78 is 0. The smallest absolute Gasteiger partial charge is 0.129 e. The summed E-state index contributed by atoms with van der Waals surface area (Å²) in [5.41, 5.74) is 2.34. The van der Waals surface area contributed by atoms with Gasteiger partial charge < -0.3 is 4.90 Å². The van der Waals surface area contributed by atoms with E-state index in [9.17, 15) is 0 Å². The van der Waals surface area contributed by atoms with E-state index in [1.807, 2.05) is 12.1 Å². The zero-order valence-electron chi connectivity index (χ0n) is 7.21. The predicted octanol–water partition coefficient (Wildman–Crippen LogP) is 2.29. The molecule has 2 heterocycles. The number of hydrogen-bond acceptors (Lipinski definition) is 2. The molecule has 1 unspecified atom stereocenters. The first-order valence-electron chi connectivity index (χ1n) is 4.06. The molecule has 64 valence electrons. The Bertz CT molecular complexity index is 311. The number of rotatable bonds is 0. The van der Waals surface area contributed by atoms with Gasteiger partial charge in [-0.3, -0.25) is 0 Å². The van der Waals surface area contributed by atoms with E-state index in [0.29, 0.717) is 11.1 Å². The second-order valence-corrected chi connectivity index (χ2v) is 3.71. The second-order valence-electron chi connectivity index (χ2n) is 3.32. The first-order valence-corrected chi connectivity index (χ1v) is 4.44. The number of nitrogens with zero attached hydrogens (tertiary/aromatic N) is 2. The summed E-state index contributed by atoms with van der Waals surface area (Å²) in [7, 11) is 2.08. The Morgan fingerprint density at radius 1 is 1.58 bits per heavy atom. The van der Waals surface area contributed by atoms with E-state index in [1.54, 1.807) is 0 Å². The molecule has 0 bridgehead atoms. The van der Waals surface area contributed by atoms with Crippen molar-refractivity contribution in [1.82, 2.24) is 4.98 Å². The van der Waals surface area contributed by atoms with Crippen LogP contribution in [0.15, 0.2) is 12.1 Å². The van der Waals surface area contributed by atoms with Gasteiger partial charge in [-0.25, -0.2) is 4.98 Å². The fraction of sp³-hybridized carbons (Fsp3) is 0.444. The number of hydrogen-bond donors (Lipinski definition) is 0. The lowest BCUT2D eigenvalue weighted by molar-refractivity contribution is 0.778. The van der Waals surface area contributed by atoms with Crippen LogP contribution >= 0.6 is 11.6 Å². The molecule has 0 saturated carbocycles. The third kappa shape index (κ3) is 1.07. The summed E-state index contributed by atoms with van der Waals surface area (Å²) in [6.45, 7) is 3.22. The van der Waals surface area contributed by atoms with E-state index in [1.165, 1.54) is 5.69 Å². The molecule has 1 aliphatic heterocycles. The standard InChI is InChI=1S/C9H11ClN2/c1-6-5-12(2)7-3-4-8(10)11-9(6)7/h3-4,6H,5H2,1-2H3. The molecule has 0 aromatic carbocycles. The third-order valence-electron chi connectivity index (χ3n) is 2.29. The van der Waals surface area contributed by atoms with Crippen LogP contribution < -0.4 is 4.90 Å². The van der Waals surface area contributed by atoms with E-state index in [0.717, 1.165) is 12.2 Å². The van der Waals surface area contributed by atoms with Gasteiger partial charge in [-0.2, -0.15) is 0 Å². The van der Waals surface area contributed by atoms with Crippen LogP contribution in [0.5, 0.6) is 0 Å². The fourth-order valence-corrected chi connectivity index (χ4v) is 1.88. The second kappa shape index (κ2) is 2.63. The fourth-order valence-electron chi connectivity index (χ4n) is 1.72. The molecular weight excluding hydrogens is 172 g/mol. The lowest BCUT2D eigenvalue weighted by Gasteiger charge is -2.10. The van der Waals surface area contributed by atoms with Crippen molar-refractivity contribution in [2.24, 2.45) is 0 Å². The zero-order chi connectivity index (χ0) is 8.72. The summed E-state index contributed by atoms with van der Waals surface area (Å²) in [5, 5.41) is 0.593. The van der Waals surface area contributed by atoms with Gasteiger partial charge in [-0.1, -0.05) is 18.5 Å². The normalized spacial score (nSPS) is 21.2. The average Bonchev–Trinajstić information content (AvgIpc) is 2.28. The highest BCUT2D eigenvalue weighted by molar-refractivity contribution is 6.29. The number of fused-ring (bicyclic) bond motifs is 1. The highest BCUT2D eigenvalue weighted by Crippen LogP contribution is 2.33. The van der Waals surface area contributed by atoms with E-state index in [-0.39, 0.29) is 0 Å². The number of likely N-dealkylation sites (N-methyl/N-ethyl adjacent to an activating group) is 1. The van der Waals surface area contributed by atoms with Crippen LogP contribution in [0.3, 0.4) is 0 Å². The van der Waals surface area contributed by atoms with Crippen molar-refractivity contribution < 1.29 is 0 Å². The average molecular weight is 183 g/mol. The molecule has 0 amide bonds. The zero-order valence-corrected chi connectivity index (χ0v) is 7.97. The first kappa shape index (κ1) is 7.87. The van der Waals surface area contributed by atoms with Gasteiger partial charge >= 0.3 is 0 Å². The van der Waals surface area contributed by atoms with Gasteiger partial charge in [0, 0.05) is 19.5 Å². The molecule has 1 aliphatic rings. The Hall–Kier alpha value is -0.760. The van der Waals surface area contributed by atoms with Gasteiger partial charge in [-0.05, 0) is 12.1 Å². The maximum absolute atomic E-state index is 5.81. The topological polar surface area (TPSA) is 16.1 Å². The first-order chi connectivity index (χ1) is 5.68. The van der Waals surface area contributed by atoms with Crippen molar-refractivity contribution in [2.45, 2.75) is 12.8 Å². The summed E-state index contributed by atoms with van der Waals surface area (Å²) in [5.74, 6) is 0.503. The van der Waals surface area contributed by atoms with Crippen molar-refractivity contribution in [1.29, 1.82) is 0 Å². The van der Waals surface area contributed by atoms with Crippen LogP contribution in [0.2, 0.25) is 5.15 Å². The molecule has 1 atom stereocenters. The number of pyridine rings is 1. The molecule has 3 heteroatoms. The van der Waals surface area contributed by atoms with Crippen LogP contribution in [0.1, 0.15) is 18.5 Å². The van der Waals surface area contributed by atoms with Crippen LogP contribution in [-0.2, 0) is 0 Å². The molecule has 1 aromatic heterocycles. The minimum atomic E-state index is 0.503. The molecule has 0 spiro atoms. The lowest BCUT2D eigenvalue weighted by Crippen LogP contribution is -2.13. The maximum Gasteiger partial charge on any atom is 0.129 e. The van der Waals surface area contributed by atoms with Crippen LogP contribution in [-0.4, -0.2) is 18.6 Å². The molecular formula is C9H11ClN2. The number of anilines is 1. The minimum Gasteiger partial charge on any atom is -0.372 e. The summed E-state index contributed by atoms with van der Waals surface area (Å²) >= 11 is 5.81. The van der Waals surface area contributed by atoms with E-state index >= 15 is 0 Å². The highest BCUT2D eigenvalue weighted by atomic mass is 35.5. The van der Waals surface area contributed by atoms with Gasteiger partial charge in [-0.15, -0.1) is 0 Å². The highest BCUT2D eigenvalue weighted by Gasteiger charge is 2.23. The van der Waals surface area contributed by atoms with Crippen molar-refractivity contribution >= 4 is 17.3 Å². The Morgan fingerprint density at radius 3 is 3.08 bits per heavy atom. The van der Waals surface area contributed by atoms with Gasteiger partial charge in [0.15, 0.2) is 0 Å². The molecule has 0 saturated heterocycles. The lowest BCUT2D eigenvalue weighted by atomic mass is 10.1. The molecule has 2 nitrogen and oxygen atoms in total. The summed E-state index contributed by atoms with van der Waals surface area (Å²) in [6.07, 6.45) is 0. The Kier molecular flexibility index (Phi) is 1.72. The van der Waals surface area contributed by atoms with E-state index in [2.05, 4.69) is 23.9 Å². The van der Waals surface area contributed by atoms with Crippen molar-refractivity contribution in [3.8, 4) is 0 Å². The minimum absolute atomic E-state index is 0.503. The summed E-state index contributed by atoms with van der Waals surface area (Å²) in [6, 6.07) is 3.88. The molecule has 0 aliphatic carbocycles. The predicted molar refractivity (Wildman–Crippen MR) is 50.9 cm³/mol.